The molecular formula is C7H14N2O3S. The van der Waals surface area contributed by atoms with Gasteiger partial charge in [-0.25, -0.2) is 13.1 Å². The molecule has 0 spiro atoms. The van der Waals surface area contributed by atoms with Gasteiger partial charge in [0.25, 0.3) is 0 Å². The minimum absolute atomic E-state index is 0.211. The maximum atomic E-state index is 11.1. The summed E-state index contributed by atoms with van der Waals surface area (Å²) in [5.41, 5.74) is 0. The van der Waals surface area contributed by atoms with Crippen LogP contribution in [0.1, 0.15) is 13.8 Å². The summed E-state index contributed by atoms with van der Waals surface area (Å²) in [6, 6.07) is 1.65. The highest BCUT2D eigenvalue weighted by Gasteiger charge is 2.18. The Morgan fingerprint density at radius 2 is 2.23 bits per heavy atom. The minimum atomic E-state index is -3.48. The van der Waals surface area contributed by atoms with Crippen molar-refractivity contribution in [1.82, 2.24) is 4.72 Å². The number of hydrogen-bond acceptors (Lipinski definition) is 4. The molecule has 0 aliphatic carbocycles. The van der Waals surface area contributed by atoms with Crippen molar-refractivity contribution in [2.75, 3.05) is 19.8 Å². The van der Waals surface area contributed by atoms with Gasteiger partial charge in [0, 0.05) is 13.2 Å². The highest BCUT2D eigenvalue weighted by atomic mass is 32.2. The molecule has 0 bridgehead atoms. The number of nitrogens with zero attached hydrogens (tertiary/aromatic N) is 1. The fourth-order valence-corrected chi connectivity index (χ4v) is 1.35. The van der Waals surface area contributed by atoms with Gasteiger partial charge in [0.15, 0.2) is 5.25 Å². The van der Waals surface area contributed by atoms with Crippen molar-refractivity contribution < 1.29 is 13.2 Å². The first-order chi connectivity index (χ1) is 6.04. The van der Waals surface area contributed by atoms with Gasteiger partial charge in [-0.1, -0.05) is 0 Å². The Bertz CT molecular complexity index is 268. The van der Waals surface area contributed by atoms with Crippen LogP contribution in [0, 0.1) is 11.3 Å². The number of hydrogen-bond donors (Lipinski definition) is 1. The summed E-state index contributed by atoms with van der Waals surface area (Å²) in [5, 5.41) is 7.35. The molecule has 0 saturated heterocycles. The van der Waals surface area contributed by atoms with E-state index in [2.05, 4.69) is 4.72 Å². The van der Waals surface area contributed by atoms with E-state index in [0.29, 0.717) is 13.2 Å². The number of rotatable bonds is 6. The summed E-state index contributed by atoms with van der Waals surface area (Å²) < 4.78 is 29.5. The first-order valence-electron chi connectivity index (χ1n) is 4.00. The van der Waals surface area contributed by atoms with Crippen LogP contribution >= 0.6 is 0 Å². The van der Waals surface area contributed by atoms with Gasteiger partial charge in [-0.05, 0) is 13.8 Å². The van der Waals surface area contributed by atoms with Gasteiger partial charge in [0.1, 0.15) is 0 Å². The van der Waals surface area contributed by atoms with Crippen LogP contribution in [0.2, 0.25) is 0 Å². The molecule has 0 fully saturated rings. The normalized spacial score (nSPS) is 13.6. The Hall–Kier alpha value is -0.640. The van der Waals surface area contributed by atoms with Crippen molar-refractivity contribution in [2.45, 2.75) is 19.1 Å². The lowest BCUT2D eigenvalue weighted by molar-refractivity contribution is 0.153. The SMILES string of the molecule is CCOCCNS(=O)(=O)C(C)C#N. The van der Waals surface area contributed by atoms with Crippen LogP contribution in [-0.2, 0) is 14.8 Å². The Labute approximate surface area is 78.7 Å². The van der Waals surface area contributed by atoms with Crippen LogP contribution in [0.25, 0.3) is 0 Å². The molecule has 1 unspecified atom stereocenters. The summed E-state index contributed by atoms with van der Waals surface area (Å²) >= 11 is 0. The van der Waals surface area contributed by atoms with Crippen molar-refractivity contribution in [3.63, 3.8) is 0 Å². The first-order valence-corrected chi connectivity index (χ1v) is 5.55. The van der Waals surface area contributed by atoms with E-state index in [4.69, 9.17) is 10.00 Å². The second-order valence-corrected chi connectivity index (χ2v) is 4.49. The van der Waals surface area contributed by atoms with Gasteiger partial charge in [-0.2, -0.15) is 5.26 Å². The highest BCUT2D eigenvalue weighted by molar-refractivity contribution is 7.90. The molecule has 1 N–H and O–H groups in total. The fourth-order valence-electron chi connectivity index (χ4n) is 0.595. The lowest BCUT2D eigenvalue weighted by atomic mass is 10.5. The summed E-state index contributed by atoms with van der Waals surface area (Å²) in [5.74, 6) is 0. The average molecular weight is 206 g/mol. The van der Waals surface area contributed by atoms with Crippen LogP contribution in [0.4, 0.5) is 0 Å². The van der Waals surface area contributed by atoms with Gasteiger partial charge in [-0.3, -0.25) is 0 Å². The van der Waals surface area contributed by atoms with E-state index < -0.39 is 15.3 Å². The maximum Gasteiger partial charge on any atom is 0.227 e. The van der Waals surface area contributed by atoms with Crippen LogP contribution in [-0.4, -0.2) is 33.4 Å². The smallest absolute Gasteiger partial charge is 0.227 e. The summed E-state index contributed by atoms with van der Waals surface area (Å²) in [6.45, 7) is 4.25. The molecule has 0 amide bonds. The van der Waals surface area contributed by atoms with Gasteiger partial charge < -0.3 is 4.74 Å². The first kappa shape index (κ1) is 12.4. The molecule has 0 rings (SSSR count). The molecule has 0 aromatic rings. The van der Waals surface area contributed by atoms with E-state index in [1.165, 1.54) is 6.92 Å². The standard InChI is InChI=1S/C7H14N2O3S/c1-3-12-5-4-9-13(10,11)7(2)6-8/h7,9H,3-5H2,1-2H3. The van der Waals surface area contributed by atoms with Crippen LogP contribution in [0.5, 0.6) is 0 Å². The van der Waals surface area contributed by atoms with Crippen molar-refractivity contribution in [1.29, 1.82) is 5.26 Å². The Balaban J connectivity index is 3.86. The van der Waals surface area contributed by atoms with Crippen LogP contribution in [0.3, 0.4) is 0 Å². The minimum Gasteiger partial charge on any atom is -0.380 e. The molecule has 1 atom stereocenters. The summed E-state index contributed by atoms with van der Waals surface area (Å²) in [4.78, 5) is 0. The third-order valence-corrected chi connectivity index (χ3v) is 3.04. The molecule has 0 saturated carbocycles. The largest absolute Gasteiger partial charge is 0.380 e. The molecule has 0 aromatic heterocycles. The van der Waals surface area contributed by atoms with E-state index >= 15 is 0 Å². The number of sulfonamides is 1. The van der Waals surface area contributed by atoms with Gasteiger partial charge in [-0.15, -0.1) is 0 Å². The predicted octanol–water partition coefficient (Wildman–Crippen LogP) is -0.146. The van der Waals surface area contributed by atoms with Crippen LogP contribution in [0.15, 0.2) is 0 Å². The monoisotopic (exact) mass is 206 g/mol. The lowest BCUT2D eigenvalue weighted by Crippen LogP contribution is -2.34. The van der Waals surface area contributed by atoms with Crippen LogP contribution < -0.4 is 4.72 Å². The number of nitriles is 1. The Morgan fingerprint density at radius 3 is 2.69 bits per heavy atom. The van der Waals surface area contributed by atoms with Gasteiger partial charge >= 0.3 is 0 Å². The molecule has 76 valence electrons. The lowest BCUT2D eigenvalue weighted by Gasteiger charge is -2.07. The highest BCUT2D eigenvalue weighted by Crippen LogP contribution is 1.94. The molecule has 5 nitrogen and oxygen atoms in total. The zero-order valence-electron chi connectivity index (χ0n) is 7.78. The van der Waals surface area contributed by atoms with Crippen molar-refractivity contribution >= 4 is 10.0 Å². The summed E-state index contributed by atoms with van der Waals surface area (Å²) in [6.07, 6.45) is 0. The Morgan fingerprint density at radius 1 is 1.62 bits per heavy atom. The van der Waals surface area contributed by atoms with E-state index in [0.717, 1.165) is 0 Å². The quantitative estimate of drug-likeness (QED) is 0.613. The molecule has 0 heterocycles. The molecule has 13 heavy (non-hydrogen) atoms. The predicted molar refractivity (Wildman–Crippen MR) is 48.5 cm³/mol. The molecular weight excluding hydrogens is 192 g/mol. The zero-order valence-corrected chi connectivity index (χ0v) is 8.60. The molecule has 0 radical (unpaired) electrons. The van der Waals surface area contributed by atoms with Crippen molar-refractivity contribution in [2.24, 2.45) is 0 Å². The zero-order chi connectivity index (χ0) is 10.3. The van der Waals surface area contributed by atoms with Gasteiger partial charge in [0.05, 0.1) is 12.7 Å². The second-order valence-electron chi connectivity index (χ2n) is 2.41. The second kappa shape index (κ2) is 5.91. The molecule has 6 heteroatoms. The summed E-state index contributed by atoms with van der Waals surface area (Å²) in [7, 11) is -3.48. The van der Waals surface area contributed by atoms with Crippen molar-refractivity contribution in [3.8, 4) is 6.07 Å². The van der Waals surface area contributed by atoms with E-state index in [1.54, 1.807) is 6.07 Å². The Kier molecular flexibility index (Phi) is 5.62. The van der Waals surface area contributed by atoms with E-state index in [1.807, 2.05) is 6.92 Å². The third kappa shape index (κ3) is 4.83. The third-order valence-electron chi connectivity index (χ3n) is 1.40. The van der Waals surface area contributed by atoms with Gasteiger partial charge in [0.2, 0.25) is 10.0 Å². The molecule has 0 aliphatic rings. The van der Waals surface area contributed by atoms with E-state index in [9.17, 15) is 8.42 Å². The topological polar surface area (TPSA) is 79.2 Å². The average Bonchev–Trinajstić information content (AvgIpc) is 2.11. The number of nitrogens with one attached hydrogen (secondary N) is 1. The molecule has 0 aromatic carbocycles. The molecule has 0 aliphatic heterocycles. The fraction of sp³-hybridized carbons (Fsp3) is 0.857. The number of ether oxygens (including phenoxy) is 1. The van der Waals surface area contributed by atoms with E-state index in [-0.39, 0.29) is 6.54 Å². The van der Waals surface area contributed by atoms with Crippen molar-refractivity contribution in [3.05, 3.63) is 0 Å². The maximum absolute atomic E-state index is 11.1.